The smallest absolute Gasteiger partial charge is 0.444 e. The molecule has 0 aliphatic rings. The van der Waals surface area contributed by atoms with Crippen LogP contribution < -0.4 is 29.6 Å². The molecule has 0 bridgehead atoms. The molecule has 0 atom stereocenters. The molecule has 0 N–H and O–H groups in total. The van der Waals surface area contributed by atoms with Crippen LogP contribution in [0.5, 0.6) is 0 Å². The van der Waals surface area contributed by atoms with Crippen LogP contribution in [0.3, 0.4) is 0 Å². The van der Waals surface area contributed by atoms with Gasteiger partial charge < -0.3 is 10.1 Å². The van der Waals surface area contributed by atoms with E-state index < -0.39 is 0 Å². The normalized spacial score (nSPS) is 2.40. The Morgan fingerprint density at radius 1 is 1.60 bits per heavy atom. The Bertz CT molecular complexity index is 17.1. The molecule has 0 radical (unpaired) electrons. The second-order valence-electron chi connectivity index (χ2n) is 0.0745. The maximum atomic E-state index is 8.00. The molecule has 5 heavy (non-hydrogen) atoms. The van der Waals surface area contributed by atoms with E-state index in [4.69, 9.17) is 10.1 Å². The zero-order chi connectivity index (χ0) is 2.71. The van der Waals surface area contributed by atoms with Crippen LogP contribution in [0.15, 0.2) is 5.34 Å². The largest absolute Gasteiger partial charge is 1.00 e. The minimum Gasteiger partial charge on any atom is -0.444 e. The third kappa shape index (κ3) is 63.9. The van der Waals surface area contributed by atoms with Crippen LogP contribution in [-0.2, 0) is 0 Å². The van der Waals surface area contributed by atoms with Gasteiger partial charge in [0.2, 0.25) is 0 Å². The average Bonchev–Trinajstić information content (AvgIpc) is 0.918. The maximum Gasteiger partial charge on any atom is 1.00 e. The van der Waals surface area contributed by atoms with E-state index in [1.165, 1.54) is 0 Å². The summed E-state index contributed by atoms with van der Waals surface area (Å²) in [4.78, 5) is 8.00. The molecule has 0 unspecified atom stereocenters. The Hall–Kier alpha value is 0.750. The summed E-state index contributed by atoms with van der Waals surface area (Å²) >= 11 is 0. The third-order valence-electron chi connectivity index (χ3n) is 0. The van der Waals surface area contributed by atoms with Crippen LogP contribution in [0.1, 0.15) is 0 Å². The van der Waals surface area contributed by atoms with Crippen LogP contribution in [-0.4, -0.2) is 0 Å². The van der Waals surface area contributed by atoms with Gasteiger partial charge in [0.25, 0.3) is 0 Å². The summed E-state index contributed by atoms with van der Waals surface area (Å²) in [6.45, 7) is 0. The van der Waals surface area contributed by atoms with E-state index in [-0.39, 0.29) is 43.1 Å². The van der Waals surface area contributed by atoms with E-state index >= 15 is 0 Å². The Morgan fingerprint density at radius 3 is 1.60 bits per heavy atom. The molecule has 26 valence electrons. The molecule has 0 aromatic rings. The molecular formula is H2NNaO2S. The fourth-order valence-corrected chi connectivity index (χ4v) is 0. The van der Waals surface area contributed by atoms with Gasteiger partial charge in [-0.15, -0.1) is 5.34 Å². The van der Waals surface area contributed by atoms with Crippen LogP contribution in [0.4, 0.5) is 0 Å². The van der Waals surface area contributed by atoms with Crippen molar-refractivity contribution in [1.29, 1.82) is 0 Å². The third-order valence-corrected chi connectivity index (χ3v) is 0. The first-order chi connectivity index (χ1) is 1.41. The second-order valence-corrected chi connectivity index (χ2v) is 0.0745. The van der Waals surface area contributed by atoms with Gasteiger partial charge in [-0.1, -0.05) is 0 Å². The molecule has 0 aliphatic carbocycles. The molecule has 5 heteroatoms. The first kappa shape index (κ1) is 17.2. The van der Waals surface area contributed by atoms with Gasteiger partial charge in [-0.25, -0.2) is 0 Å². The van der Waals surface area contributed by atoms with Crippen LogP contribution >= 0.6 is 13.5 Å². The summed E-state index contributed by atoms with van der Waals surface area (Å²) in [5.74, 6) is 0. The van der Waals surface area contributed by atoms with Crippen molar-refractivity contribution in [1.82, 2.24) is 0 Å². The van der Waals surface area contributed by atoms with E-state index in [1.54, 1.807) is 0 Å². The van der Waals surface area contributed by atoms with Crippen molar-refractivity contribution >= 4 is 13.5 Å². The molecule has 3 nitrogen and oxygen atoms in total. The molecule has 0 aliphatic heterocycles. The van der Waals surface area contributed by atoms with Gasteiger partial charge in [0.15, 0.2) is 0 Å². The van der Waals surface area contributed by atoms with Crippen LogP contribution in [0, 0.1) is 10.1 Å². The predicted molar refractivity (Wildman–Crippen MR) is 19.5 cm³/mol. The van der Waals surface area contributed by atoms with Crippen LogP contribution in [0.25, 0.3) is 0 Å². The van der Waals surface area contributed by atoms with Crippen LogP contribution in [0.2, 0.25) is 0 Å². The van der Waals surface area contributed by atoms with Crippen molar-refractivity contribution in [3.05, 3.63) is 10.1 Å². The Labute approximate surface area is 58.4 Å². The van der Waals surface area contributed by atoms with Gasteiger partial charge in [0.1, 0.15) is 0 Å². The molecule has 0 aromatic heterocycles. The molecule has 0 heterocycles. The summed E-state index contributed by atoms with van der Waals surface area (Å²) in [6.07, 6.45) is 0. The van der Waals surface area contributed by atoms with E-state index in [2.05, 4.69) is 0 Å². The van der Waals surface area contributed by atoms with Gasteiger partial charge >= 0.3 is 29.6 Å². The van der Waals surface area contributed by atoms with E-state index in [0.29, 0.717) is 0 Å². The summed E-state index contributed by atoms with van der Waals surface area (Å²) in [5.41, 5.74) is 0. The Morgan fingerprint density at radius 2 is 1.60 bits per heavy atom. The van der Waals surface area contributed by atoms with Crippen molar-refractivity contribution in [2.24, 2.45) is 5.34 Å². The van der Waals surface area contributed by atoms with E-state index in [0.717, 1.165) is 5.34 Å². The molecule has 0 aromatic carbocycles. The van der Waals surface area contributed by atoms with E-state index in [1.807, 2.05) is 0 Å². The van der Waals surface area contributed by atoms with Gasteiger partial charge in [0, 0.05) is 0 Å². The number of hydrogen-bond acceptors (Lipinski definition) is 3. The van der Waals surface area contributed by atoms with Crippen molar-refractivity contribution < 1.29 is 29.6 Å². The quantitative estimate of drug-likeness (QED) is 0.191. The second kappa shape index (κ2) is 21.8. The van der Waals surface area contributed by atoms with Crippen molar-refractivity contribution in [3.8, 4) is 0 Å². The number of rotatable bonds is 0. The summed E-state index contributed by atoms with van der Waals surface area (Å²) in [6, 6.07) is 0. The Balaban J connectivity index is -0.0000000200. The Kier molecular flexibility index (Phi) is 74.8. The monoisotopic (exact) mass is 103 g/mol. The average molecular weight is 103 g/mol. The fraction of sp³-hybridized carbons (Fsp3) is 0. The molecule has 0 saturated carbocycles. The van der Waals surface area contributed by atoms with Gasteiger partial charge in [-0.2, -0.15) is 13.5 Å². The van der Waals surface area contributed by atoms with Gasteiger partial charge in [-0.3, -0.25) is 0 Å². The van der Waals surface area contributed by atoms with Gasteiger partial charge in [0.05, 0.1) is 0 Å². The summed E-state index contributed by atoms with van der Waals surface area (Å²) in [5, 5.41) is 9.00. The van der Waals surface area contributed by atoms with E-state index in [9.17, 15) is 0 Å². The van der Waals surface area contributed by atoms with Crippen molar-refractivity contribution in [3.63, 3.8) is 0 Å². The van der Waals surface area contributed by atoms with Gasteiger partial charge in [-0.05, 0) is 0 Å². The number of hydrogen-bond donors (Lipinski definition) is 0. The maximum absolute atomic E-state index is 8.00. The van der Waals surface area contributed by atoms with Crippen molar-refractivity contribution in [2.75, 3.05) is 0 Å². The molecule has 0 saturated heterocycles. The zero-order valence-corrected chi connectivity index (χ0v) is 5.76. The number of nitrogens with zero attached hydrogens (tertiary/aromatic N) is 1. The zero-order valence-electron chi connectivity index (χ0n) is 2.76. The summed E-state index contributed by atoms with van der Waals surface area (Å²) in [7, 11) is 0. The predicted octanol–water partition coefficient (Wildman–Crippen LogP) is -2.63. The molecular weight excluding hydrogens is 101 g/mol. The standard InChI is InChI=1S/HNO2.Na.H2S/c2-1-3;;/h(H,2,3);;1H2/q;+1;/p-1. The SMILES string of the molecule is O=N[O-].S.[Na+]. The van der Waals surface area contributed by atoms with Crippen molar-refractivity contribution in [2.45, 2.75) is 0 Å². The molecule has 0 spiro atoms. The first-order valence-electron chi connectivity index (χ1n) is 0.365. The fourth-order valence-electron chi connectivity index (χ4n) is 0. The topological polar surface area (TPSA) is 52.5 Å². The molecule has 0 fully saturated rings. The minimum atomic E-state index is 0. The first-order valence-corrected chi connectivity index (χ1v) is 0.365. The summed E-state index contributed by atoms with van der Waals surface area (Å²) < 4.78 is 0. The minimum absolute atomic E-state index is 0. The molecule has 0 rings (SSSR count). The molecule has 0 amide bonds.